The molecule has 2 heterocycles. The number of H-pyrrole nitrogens is 1. The zero-order valence-corrected chi connectivity index (χ0v) is 13.1. The van der Waals surface area contributed by atoms with Crippen LogP contribution in [0.3, 0.4) is 0 Å². The van der Waals surface area contributed by atoms with Crippen molar-refractivity contribution in [2.45, 2.75) is 17.5 Å². The molecule has 7 nitrogen and oxygen atoms in total. The molecule has 1 aliphatic heterocycles. The van der Waals surface area contributed by atoms with Crippen molar-refractivity contribution in [1.82, 2.24) is 9.97 Å². The molecule has 3 N–H and O–H groups in total. The van der Waals surface area contributed by atoms with Gasteiger partial charge in [0.2, 0.25) is 11.8 Å². The number of carbonyl (C=O) groups excluding carboxylic acids is 2. The van der Waals surface area contributed by atoms with Crippen molar-refractivity contribution in [3.63, 3.8) is 0 Å². The number of carbonyl (C=O) groups is 2. The molecular weight excluding hydrogens is 316 g/mol. The van der Waals surface area contributed by atoms with Crippen LogP contribution in [0.5, 0.6) is 0 Å². The molecule has 118 valence electrons. The quantitative estimate of drug-likeness (QED) is 0.585. The third-order valence-corrected chi connectivity index (χ3v) is 4.06. The van der Waals surface area contributed by atoms with Crippen molar-refractivity contribution in [2.24, 2.45) is 0 Å². The second kappa shape index (κ2) is 6.25. The first kappa shape index (κ1) is 15.3. The van der Waals surface area contributed by atoms with E-state index in [1.54, 1.807) is 30.5 Å². The highest BCUT2D eigenvalue weighted by Gasteiger charge is 2.34. The predicted octanol–water partition coefficient (Wildman–Crippen LogP) is 1.56. The Morgan fingerprint density at radius 1 is 1.30 bits per heavy atom. The van der Waals surface area contributed by atoms with E-state index in [1.807, 2.05) is 6.07 Å². The van der Waals surface area contributed by atoms with E-state index in [0.29, 0.717) is 10.8 Å². The van der Waals surface area contributed by atoms with E-state index in [2.05, 4.69) is 20.6 Å². The molecule has 1 aromatic heterocycles. The maximum atomic E-state index is 12.5. The Labute approximate surface area is 135 Å². The molecule has 1 aliphatic rings. The molecule has 1 aromatic carbocycles. The topological polar surface area (TPSA) is 104 Å². The van der Waals surface area contributed by atoms with Gasteiger partial charge in [-0.05, 0) is 18.4 Å². The van der Waals surface area contributed by atoms with Gasteiger partial charge in [-0.25, -0.2) is 4.98 Å². The van der Waals surface area contributed by atoms with Gasteiger partial charge in [0.15, 0.2) is 5.16 Å². The second-order valence-corrected chi connectivity index (χ2v) is 5.79. The van der Waals surface area contributed by atoms with Gasteiger partial charge in [-0.3, -0.25) is 14.4 Å². The third-order valence-electron chi connectivity index (χ3n) is 3.48. The molecule has 8 heteroatoms. The number of benzene rings is 1. The first-order valence-electron chi connectivity index (χ1n) is 6.92. The minimum Gasteiger partial charge on any atom is -0.326 e. The maximum absolute atomic E-state index is 12.5. The van der Waals surface area contributed by atoms with E-state index in [-0.39, 0.29) is 23.7 Å². The summed E-state index contributed by atoms with van der Waals surface area (Å²) in [5.74, 6) is -1.46. The summed E-state index contributed by atoms with van der Waals surface area (Å²) in [4.78, 5) is 43.4. The smallest absolute Gasteiger partial charge is 0.257 e. The lowest BCUT2D eigenvalue weighted by molar-refractivity contribution is -0.123. The lowest BCUT2D eigenvalue weighted by Gasteiger charge is -2.23. The summed E-state index contributed by atoms with van der Waals surface area (Å²) >= 11 is 1.25. The summed E-state index contributed by atoms with van der Waals surface area (Å²) in [5.41, 5.74) is 0.388. The summed E-state index contributed by atoms with van der Waals surface area (Å²) in [7, 11) is 0. The van der Waals surface area contributed by atoms with Gasteiger partial charge >= 0.3 is 0 Å². The fraction of sp³-hybridized carbons (Fsp3) is 0.200. The predicted molar refractivity (Wildman–Crippen MR) is 87.7 cm³/mol. The Morgan fingerprint density at radius 2 is 2.04 bits per heavy atom. The summed E-state index contributed by atoms with van der Waals surface area (Å²) in [6.07, 6.45) is 1.67. The van der Waals surface area contributed by atoms with Crippen LogP contribution >= 0.6 is 11.8 Å². The number of fused-ring (bicyclic) bond motifs is 1. The SMILES string of the molecule is CSc1nc2c(c(=O)[nH]1)C(C(=O)Nc1ccccc1)CC(=O)N2. The minimum atomic E-state index is -0.869. The van der Waals surface area contributed by atoms with E-state index in [4.69, 9.17) is 0 Å². The summed E-state index contributed by atoms with van der Waals surface area (Å²) in [6, 6.07) is 8.88. The van der Waals surface area contributed by atoms with E-state index in [9.17, 15) is 14.4 Å². The number of aromatic nitrogens is 2. The Balaban J connectivity index is 1.97. The Kier molecular flexibility index (Phi) is 4.16. The van der Waals surface area contributed by atoms with Gasteiger partial charge in [-0.15, -0.1) is 0 Å². The third kappa shape index (κ3) is 3.11. The second-order valence-electron chi connectivity index (χ2n) is 5.00. The van der Waals surface area contributed by atoms with Crippen LogP contribution in [0.4, 0.5) is 11.5 Å². The molecule has 0 fully saturated rings. The van der Waals surface area contributed by atoms with E-state index >= 15 is 0 Å². The summed E-state index contributed by atoms with van der Waals surface area (Å²) < 4.78 is 0. The summed E-state index contributed by atoms with van der Waals surface area (Å²) in [6.45, 7) is 0. The Morgan fingerprint density at radius 3 is 2.74 bits per heavy atom. The Bertz CT molecular complexity index is 819. The van der Waals surface area contributed by atoms with Gasteiger partial charge in [0.05, 0.1) is 11.5 Å². The highest BCUT2D eigenvalue weighted by Crippen LogP contribution is 2.29. The number of thioether (sulfide) groups is 1. The zero-order valence-electron chi connectivity index (χ0n) is 12.3. The standard InChI is InChI=1S/C15H14N4O3S/c1-23-15-18-12-11(14(22)19-15)9(7-10(20)17-12)13(21)16-8-5-3-2-4-6-8/h2-6,9H,7H2,1H3,(H,16,21)(H2,17,18,19,20,22). The molecule has 0 saturated carbocycles. The van der Waals surface area contributed by atoms with Gasteiger partial charge in [0.25, 0.3) is 5.56 Å². The van der Waals surface area contributed by atoms with Crippen molar-refractivity contribution in [2.75, 3.05) is 16.9 Å². The van der Waals surface area contributed by atoms with Crippen LogP contribution in [0.1, 0.15) is 17.9 Å². The number of rotatable bonds is 3. The Hall–Kier alpha value is -2.61. The highest BCUT2D eigenvalue weighted by molar-refractivity contribution is 7.98. The van der Waals surface area contributed by atoms with Crippen LogP contribution in [0.25, 0.3) is 0 Å². The van der Waals surface area contributed by atoms with Gasteiger partial charge in [-0.1, -0.05) is 30.0 Å². The van der Waals surface area contributed by atoms with E-state index in [0.717, 1.165) is 0 Å². The van der Waals surface area contributed by atoms with E-state index in [1.165, 1.54) is 11.8 Å². The normalized spacial score (nSPS) is 16.4. The lowest BCUT2D eigenvalue weighted by Crippen LogP contribution is -2.36. The molecule has 1 unspecified atom stereocenters. The fourth-order valence-electron chi connectivity index (χ4n) is 2.42. The largest absolute Gasteiger partial charge is 0.326 e. The molecule has 1 atom stereocenters. The number of para-hydroxylation sites is 1. The highest BCUT2D eigenvalue weighted by atomic mass is 32.2. The lowest BCUT2D eigenvalue weighted by atomic mass is 9.92. The van der Waals surface area contributed by atoms with Crippen molar-refractivity contribution in [3.05, 3.63) is 46.2 Å². The van der Waals surface area contributed by atoms with Crippen molar-refractivity contribution < 1.29 is 9.59 Å². The van der Waals surface area contributed by atoms with Gasteiger partial charge in [0, 0.05) is 12.1 Å². The van der Waals surface area contributed by atoms with Crippen LogP contribution < -0.4 is 16.2 Å². The van der Waals surface area contributed by atoms with Crippen LogP contribution in [0.2, 0.25) is 0 Å². The molecule has 0 radical (unpaired) electrons. The molecular formula is C15H14N4O3S. The summed E-state index contributed by atoms with van der Waals surface area (Å²) in [5, 5.41) is 5.67. The van der Waals surface area contributed by atoms with Crippen LogP contribution in [-0.4, -0.2) is 28.0 Å². The molecule has 0 bridgehead atoms. The number of nitrogens with zero attached hydrogens (tertiary/aromatic N) is 1. The molecule has 2 amide bonds. The minimum absolute atomic E-state index is 0.0883. The number of hydrogen-bond donors (Lipinski definition) is 3. The zero-order chi connectivity index (χ0) is 16.4. The number of aromatic amines is 1. The average Bonchev–Trinajstić information content (AvgIpc) is 2.54. The number of hydrogen-bond acceptors (Lipinski definition) is 5. The molecule has 3 rings (SSSR count). The van der Waals surface area contributed by atoms with Gasteiger partial charge in [-0.2, -0.15) is 0 Å². The number of anilines is 2. The molecule has 0 saturated heterocycles. The van der Waals surface area contributed by atoms with Crippen molar-refractivity contribution in [1.29, 1.82) is 0 Å². The molecule has 23 heavy (non-hydrogen) atoms. The van der Waals surface area contributed by atoms with Gasteiger partial charge in [0.1, 0.15) is 5.82 Å². The van der Waals surface area contributed by atoms with E-state index < -0.39 is 17.4 Å². The first-order chi connectivity index (χ1) is 11.1. The number of nitrogens with one attached hydrogen (secondary N) is 3. The van der Waals surface area contributed by atoms with Crippen LogP contribution in [-0.2, 0) is 9.59 Å². The molecule has 0 spiro atoms. The number of amides is 2. The van der Waals surface area contributed by atoms with Crippen LogP contribution in [0, 0.1) is 0 Å². The molecule has 2 aromatic rings. The average molecular weight is 330 g/mol. The van der Waals surface area contributed by atoms with Crippen molar-refractivity contribution in [3.8, 4) is 0 Å². The van der Waals surface area contributed by atoms with Gasteiger partial charge < -0.3 is 15.6 Å². The monoisotopic (exact) mass is 330 g/mol. The maximum Gasteiger partial charge on any atom is 0.257 e. The first-order valence-corrected chi connectivity index (χ1v) is 8.15. The molecule has 0 aliphatic carbocycles. The fourth-order valence-corrected chi connectivity index (χ4v) is 2.80. The van der Waals surface area contributed by atoms with Crippen LogP contribution in [0.15, 0.2) is 40.3 Å². The van der Waals surface area contributed by atoms with Crippen molar-refractivity contribution >= 4 is 35.1 Å².